The lowest BCUT2D eigenvalue weighted by atomic mass is 10.2. The molecule has 6 heteroatoms. The van der Waals surface area contributed by atoms with E-state index < -0.39 is 5.97 Å². The molecule has 0 unspecified atom stereocenters. The van der Waals surface area contributed by atoms with Crippen LogP contribution in [-0.4, -0.2) is 18.8 Å². The number of anilines is 1. The van der Waals surface area contributed by atoms with Crippen molar-refractivity contribution in [1.82, 2.24) is 0 Å². The van der Waals surface area contributed by atoms with Gasteiger partial charge in [0.05, 0.1) is 7.11 Å². The third-order valence-corrected chi connectivity index (χ3v) is 3.56. The highest BCUT2D eigenvalue weighted by Gasteiger charge is 2.27. The quantitative estimate of drug-likeness (QED) is 0.624. The molecule has 1 fully saturated rings. The average Bonchev–Trinajstić information content (AvgIpc) is 3.36. The minimum atomic E-state index is -0.649. The van der Waals surface area contributed by atoms with E-state index in [2.05, 4.69) is 16.9 Å². The zero-order valence-electron chi connectivity index (χ0n) is 12.3. The van der Waals surface area contributed by atoms with Crippen LogP contribution < -0.4 is 11.1 Å². The number of methoxy groups -OCH3 is 1. The third-order valence-electron chi connectivity index (χ3n) is 3.18. The van der Waals surface area contributed by atoms with E-state index in [-0.39, 0.29) is 16.6 Å². The van der Waals surface area contributed by atoms with Gasteiger partial charge in [0.2, 0.25) is 0 Å². The fourth-order valence-electron chi connectivity index (χ4n) is 1.79. The summed E-state index contributed by atoms with van der Waals surface area (Å²) in [5.74, 6) is -0.211. The number of carbonyl (C=O) groups is 1. The van der Waals surface area contributed by atoms with Gasteiger partial charge in [-0.15, -0.1) is 0 Å². The molecule has 116 valence electrons. The Morgan fingerprint density at radius 3 is 2.59 bits per heavy atom. The second-order valence-electron chi connectivity index (χ2n) is 4.94. The Morgan fingerprint density at radius 2 is 2.05 bits per heavy atom. The topological polar surface area (TPSA) is 76.7 Å². The lowest BCUT2D eigenvalue weighted by molar-refractivity contribution is -0.132. The molecular formula is C16H18ClN3O2. The predicted molar refractivity (Wildman–Crippen MR) is 88.4 cm³/mol. The van der Waals surface area contributed by atoms with E-state index in [1.165, 1.54) is 7.11 Å². The Kier molecular flexibility index (Phi) is 5.22. The number of nitrogens with one attached hydrogen (secondary N) is 1. The first-order chi connectivity index (χ1) is 10.5. The number of nitrogens with zero attached hydrogens (tertiary/aromatic N) is 1. The lowest BCUT2D eigenvalue weighted by Crippen LogP contribution is -2.22. The fraction of sp³-hybridized carbons (Fsp3) is 0.250. The van der Waals surface area contributed by atoms with Crippen molar-refractivity contribution in [1.29, 1.82) is 0 Å². The Hall–Kier alpha value is -2.27. The second kappa shape index (κ2) is 7.13. The summed E-state index contributed by atoms with van der Waals surface area (Å²) >= 11 is 6.21. The maximum absolute atomic E-state index is 11.9. The van der Waals surface area contributed by atoms with Crippen molar-refractivity contribution >= 4 is 29.0 Å². The first-order valence-corrected chi connectivity index (χ1v) is 7.24. The SMILES string of the molecule is C=C(/N=C(C(=O)OC)\C(Cl)=C(/N)Nc1ccccc1)C1CC1. The fourth-order valence-corrected chi connectivity index (χ4v) is 1.96. The van der Waals surface area contributed by atoms with Crippen LogP contribution in [0.25, 0.3) is 0 Å². The molecule has 0 aliphatic heterocycles. The number of esters is 1. The Bertz CT molecular complexity index is 634. The van der Waals surface area contributed by atoms with Crippen LogP contribution in [0, 0.1) is 5.92 Å². The Labute approximate surface area is 134 Å². The molecule has 0 spiro atoms. The predicted octanol–water partition coefficient (Wildman–Crippen LogP) is 3.00. The molecule has 0 saturated heterocycles. The van der Waals surface area contributed by atoms with Crippen molar-refractivity contribution in [3.05, 3.63) is 53.5 Å². The Balaban J connectivity index is 2.26. The van der Waals surface area contributed by atoms with Gasteiger partial charge in [-0.1, -0.05) is 36.4 Å². The van der Waals surface area contributed by atoms with Crippen molar-refractivity contribution in [2.24, 2.45) is 16.6 Å². The van der Waals surface area contributed by atoms with Crippen LogP contribution in [-0.2, 0) is 9.53 Å². The van der Waals surface area contributed by atoms with Gasteiger partial charge in [0, 0.05) is 17.3 Å². The summed E-state index contributed by atoms with van der Waals surface area (Å²) in [6.45, 7) is 3.86. The smallest absolute Gasteiger partial charge is 0.358 e. The number of ether oxygens (including phenoxy) is 1. The molecule has 0 bridgehead atoms. The van der Waals surface area contributed by atoms with Gasteiger partial charge in [-0.05, 0) is 25.0 Å². The van der Waals surface area contributed by atoms with Gasteiger partial charge in [0.1, 0.15) is 10.9 Å². The van der Waals surface area contributed by atoms with Crippen molar-refractivity contribution < 1.29 is 9.53 Å². The van der Waals surface area contributed by atoms with Gasteiger partial charge >= 0.3 is 5.97 Å². The van der Waals surface area contributed by atoms with Crippen LogP contribution in [0.2, 0.25) is 0 Å². The van der Waals surface area contributed by atoms with Gasteiger partial charge in [0.15, 0.2) is 5.71 Å². The van der Waals surface area contributed by atoms with Gasteiger partial charge in [0.25, 0.3) is 0 Å². The van der Waals surface area contributed by atoms with Crippen molar-refractivity contribution in [2.45, 2.75) is 12.8 Å². The van der Waals surface area contributed by atoms with Crippen LogP contribution >= 0.6 is 11.6 Å². The van der Waals surface area contributed by atoms with Crippen molar-refractivity contribution in [2.75, 3.05) is 12.4 Å². The van der Waals surface area contributed by atoms with E-state index in [1.54, 1.807) is 0 Å². The number of aliphatic imine (C=N–C) groups is 1. The highest BCUT2D eigenvalue weighted by atomic mass is 35.5. The molecule has 0 atom stereocenters. The van der Waals surface area contributed by atoms with E-state index in [1.807, 2.05) is 30.3 Å². The van der Waals surface area contributed by atoms with E-state index >= 15 is 0 Å². The van der Waals surface area contributed by atoms with Crippen LogP contribution in [0.4, 0.5) is 5.69 Å². The van der Waals surface area contributed by atoms with E-state index in [0.29, 0.717) is 11.6 Å². The van der Waals surface area contributed by atoms with Crippen LogP contribution in [0.3, 0.4) is 0 Å². The minimum absolute atomic E-state index is 0.0116. The van der Waals surface area contributed by atoms with Gasteiger partial charge < -0.3 is 15.8 Å². The molecule has 1 aliphatic rings. The minimum Gasteiger partial charge on any atom is -0.464 e. The van der Waals surface area contributed by atoms with E-state index in [4.69, 9.17) is 22.1 Å². The molecule has 1 aromatic rings. The molecule has 0 amide bonds. The first-order valence-electron chi connectivity index (χ1n) is 6.86. The maximum Gasteiger partial charge on any atom is 0.358 e. The zero-order chi connectivity index (χ0) is 16.1. The number of hydrogen-bond donors (Lipinski definition) is 2. The molecule has 1 aliphatic carbocycles. The summed E-state index contributed by atoms with van der Waals surface area (Å²) in [7, 11) is 1.27. The second-order valence-corrected chi connectivity index (χ2v) is 5.31. The molecule has 22 heavy (non-hydrogen) atoms. The normalized spacial score (nSPS) is 15.8. The van der Waals surface area contributed by atoms with E-state index in [0.717, 1.165) is 18.5 Å². The number of carbonyl (C=O) groups excluding carboxylic acids is 1. The third kappa shape index (κ3) is 4.11. The van der Waals surface area contributed by atoms with Gasteiger partial charge in [-0.2, -0.15) is 0 Å². The molecule has 2 rings (SSSR count). The van der Waals surface area contributed by atoms with Gasteiger partial charge in [-0.25, -0.2) is 9.79 Å². The first kappa shape index (κ1) is 16.1. The summed E-state index contributed by atoms with van der Waals surface area (Å²) in [4.78, 5) is 16.1. The molecule has 0 radical (unpaired) electrons. The number of allylic oxidation sites excluding steroid dienone is 1. The summed E-state index contributed by atoms with van der Waals surface area (Å²) in [5.41, 5.74) is 7.26. The Morgan fingerprint density at radius 1 is 1.41 bits per heavy atom. The van der Waals surface area contributed by atoms with Crippen LogP contribution in [0.5, 0.6) is 0 Å². The molecule has 1 aromatic carbocycles. The summed E-state index contributed by atoms with van der Waals surface area (Å²) in [5, 5.41) is 2.94. The number of halogens is 1. The van der Waals surface area contributed by atoms with Gasteiger partial charge in [-0.3, -0.25) is 0 Å². The molecule has 5 nitrogen and oxygen atoms in total. The van der Waals surface area contributed by atoms with E-state index in [9.17, 15) is 4.79 Å². The zero-order valence-corrected chi connectivity index (χ0v) is 13.1. The molecule has 0 aromatic heterocycles. The summed E-state index contributed by atoms with van der Waals surface area (Å²) in [6.07, 6.45) is 2.05. The summed E-state index contributed by atoms with van der Waals surface area (Å²) < 4.78 is 4.72. The molecule has 3 N–H and O–H groups in total. The molecular weight excluding hydrogens is 302 g/mol. The highest BCUT2D eigenvalue weighted by Crippen LogP contribution is 2.36. The molecule has 1 saturated carbocycles. The number of benzene rings is 1. The summed E-state index contributed by atoms with van der Waals surface area (Å²) in [6, 6.07) is 9.25. The van der Waals surface area contributed by atoms with Crippen molar-refractivity contribution in [3.63, 3.8) is 0 Å². The van der Waals surface area contributed by atoms with Crippen LogP contribution in [0.15, 0.2) is 58.5 Å². The average molecular weight is 320 g/mol. The molecule has 0 heterocycles. The standard InChI is InChI=1S/C16H18ClN3O2/c1-10(11-8-9-11)19-14(16(21)22-2)13(17)15(18)20-12-6-4-3-5-7-12/h3-7,11,20H,1,8-9,18H2,2H3/b15-13-,19-14+. The number of rotatable bonds is 6. The maximum atomic E-state index is 11.9. The highest BCUT2D eigenvalue weighted by molar-refractivity contribution is 6.58. The largest absolute Gasteiger partial charge is 0.464 e. The lowest BCUT2D eigenvalue weighted by Gasteiger charge is -2.10. The monoisotopic (exact) mass is 319 g/mol. The van der Waals surface area contributed by atoms with Crippen molar-refractivity contribution in [3.8, 4) is 0 Å². The number of nitrogens with two attached hydrogens (primary N) is 1. The number of para-hydroxylation sites is 1. The van der Waals surface area contributed by atoms with Crippen LogP contribution in [0.1, 0.15) is 12.8 Å². The number of hydrogen-bond acceptors (Lipinski definition) is 5.